The highest BCUT2D eigenvalue weighted by molar-refractivity contribution is 9.10. The van der Waals surface area contributed by atoms with Crippen LogP contribution in [0.2, 0.25) is 0 Å². The summed E-state index contributed by atoms with van der Waals surface area (Å²) in [5.74, 6) is -0.187. The largest absolute Gasteiger partial charge is 0.389 e. The molecule has 0 spiro atoms. The van der Waals surface area contributed by atoms with Crippen molar-refractivity contribution in [3.63, 3.8) is 0 Å². The van der Waals surface area contributed by atoms with Crippen LogP contribution < -0.4 is 0 Å². The molecule has 0 bridgehead atoms. The number of benzene rings is 2. The molecule has 2 heterocycles. The normalized spacial score (nSPS) is 11.1. The lowest BCUT2D eigenvalue weighted by atomic mass is 10.0. The van der Waals surface area contributed by atoms with E-state index in [0.29, 0.717) is 0 Å². The monoisotopic (exact) mass is 479 g/mol. The Hall–Kier alpha value is -3.26. The third-order valence-electron chi connectivity index (χ3n) is 5.55. The third kappa shape index (κ3) is 4.03. The number of nitrogens with zero attached hydrogens (tertiary/aromatic N) is 5. The van der Waals surface area contributed by atoms with E-state index in [1.807, 2.05) is 4.68 Å². The smallest absolute Gasteiger partial charge is 0.358 e. The van der Waals surface area contributed by atoms with Gasteiger partial charge >= 0.3 is 5.82 Å². The minimum Gasteiger partial charge on any atom is -0.358 e. The Morgan fingerprint density at radius 3 is 2.10 bits per heavy atom. The third-order valence-corrected chi connectivity index (χ3v) is 6.30. The first-order valence-electron chi connectivity index (χ1n) is 9.84. The predicted molar refractivity (Wildman–Crippen MR) is 124 cm³/mol. The maximum absolute atomic E-state index is 11.0. The lowest BCUT2D eigenvalue weighted by Crippen LogP contribution is -2.12. The first-order chi connectivity index (χ1) is 14.7. The predicted octanol–water partition coefficient (Wildman–Crippen LogP) is 5.82. The van der Waals surface area contributed by atoms with Gasteiger partial charge in [-0.1, -0.05) is 24.3 Å². The number of aryl methyl sites for hydroxylation is 4. The SMILES string of the molecule is Cc1ccc(-c2nn(Cn3ccc([N+](=O)[O-])n3)c(-c3ccc(C)c(C)c3)c2Br)cc1C. The van der Waals surface area contributed by atoms with Gasteiger partial charge in [0.25, 0.3) is 0 Å². The molecule has 0 aliphatic heterocycles. The summed E-state index contributed by atoms with van der Waals surface area (Å²) in [6.07, 6.45) is 1.59. The zero-order valence-corrected chi connectivity index (χ0v) is 19.3. The molecular formula is C23H22BrN5O2. The van der Waals surface area contributed by atoms with Crippen molar-refractivity contribution >= 4 is 21.7 Å². The second kappa shape index (κ2) is 8.11. The van der Waals surface area contributed by atoms with Crippen LogP contribution in [0, 0.1) is 37.8 Å². The zero-order chi connectivity index (χ0) is 22.3. The zero-order valence-electron chi connectivity index (χ0n) is 17.8. The first kappa shape index (κ1) is 21.0. The van der Waals surface area contributed by atoms with E-state index < -0.39 is 4.92 Å². The van der Waals surface area contributed by atoms with E-state index in [1.165, 1.54) is 33.0 Å². The summed E-state index contributed by atoms with van der Waals surface area (Å²) in [5, 5.41) is 19.9. The molecule has 0 aliphatic carbocycles. The lowest BCUT2D eigenvalue weighted by molar-refractivity contribution is -0.389. The topological polar surface area (TPSA) is 78.8 Å². The van der Waals surface area contributed by atoms with Gasteiger partial charge in [0.05, 0.1) is 27.5 Å². The van der Waals surface area contributed by atoms with E-state index in [4.69, 9.17) is 5.10 Å². The maximum atomic E-state index is 11.0. The number of nitro groups is 1. The van der Waals surface area contributed by atoms with Crippen molar-refractivity contribution in [2.24, 2.45) is 0 Å². The molecule has 0 unspecified atom stereocenters. The van der Waals surface area contributed by atoms with Crippen molar-refractivity contribution in [1.82, 2.24) is 19.6 Å². The minimum absolute atomic E-state index is 0.187. The Balaban J connectivity index is 1.87. The Bertz CT molecular complexity index is 1310. The molecular weight excluding hydrogens is 458 g/mol. The van der Waals surface area contributed by atoms with Gasteiger partial charge in [0.1, 0.15) is 5.69 Å². The second-order valence-corrected chi connectivity index (χ2v) is 8.51. The molecule has 0 atom stereocenters. The Labute approximate surface area is 188 Å². The quantitative estimate of drug-likeness (QED) is 0.266. The van der Waals surface area contributed by atoms with E-state index in [0.717, 1.165) is 27.0 Å². The fraction of sp³-hybridized carbons (Fsp3) is 0.217. The summed E-state index contributed by atoms with van der Waals surface area (Å²) in [6.45, 7) is 8.57. The van der Waals surface area contributed by atoms with E-state index in [1.54, 1.807) is 6.20 Å². The average Bonchev–Trinajstić information content (AvgIpc) is 3.31. The van der Waals surface area contributed by atoms with Crippen LogP contribution in [0.4, 0.5) is 5.82 Å². The highest BCUT2D eigenvalue weighted by Gasteiger charge is 2.21. The van der Waals surface area contributed by atoms with Gasteiger partial charge in [0.2, 0.25) is 0 Å². The molecule has 2 aromatic carbocycles. The molecule has 31 heavy (non-hydrogen) atoms. The Morgan fingerprint density at radius 1 is 0.903 bits per heavy atom. The van der Waals surface area contributed by atoms with Gasteiger partial charge in [-0.2, -0.15) is 9.78 Å². The van der Waals surface area contributed by atoms with E-state index in [-0.39, 0.29) is 12.5 Å². The molecule has 4 rings (SSSR count). The molecule has 0 N–H and O–H groups in total. The number of aromatic nitrogens is 4. The summed E-state index contributed by atoms with van der Waals surface area (Å²) in [4.78, 5) is 10.5. The standard InChI is InChI=1S/C23H22BrN5O2/c1-14-5-7-18(11-16(14)3)22-21(24)23(19-8-6-15(2)17(4)12-19)28(26-22)13-27-10-9-20(25-27)29(30)31/h5-12H,13H2,1-4H3. The fourth-order valence-corrected chi connectivity index (χ4v) is 4.19. The van der Waals surface area contributed by atoms with Gasteiger partial charge in [-0.3, -0.25) is 0 Å². The van der Waals surface area contributed by atoms with Crippen LogP contribution in [0.3, 0.4) is 0 Å². The van der Waals surface area contributed by atoms with Gasteiger partial charge in [-0.15, -0.1) is 0 Å². The molecule has 8 heteroatoms. The maximum Gasteiger partial charge on any atom is 0.389 e. The van der Waals surface area contributed by atoms with Crippen LogP contribution in [-0.4, -0.2) is 24.5 Å². The van der Waals surface area contributed by atoms with Crippen molar-refractivity contribution in [1.29, 1.82) is 0 Å². The molecule has 4 aromatic rings. The Kier molecular flexibility index (Phi) is 5.49. The summed E-state index contributed by atoms with van der Waals surface area (Å²) in [5.41, 5.74) is 8.53. The highest BCUT2D eigenvalue weighted by Crippen LogP contribution is 2.37. The Morgan fingerprint density at radius 2 is 1.52 bits per heavy atom. The summed E-state index contributed by atoms with van der Waals surface area (Å²) in [6, 6.07) is 13.9. The average molecular weight is 480 g/mol. The first-order valence-corrected chi connectivity index (χ1v) is 10.6. The van der Waals surface area contributed by atoms with Crippen LogP contribution >= 0.6 is 15.9 Å². The van der Waals surface area contributed by atoms with Crippen molar-refractivity contribution in [2.75, 3.05) is 0 Å². The lowest BCUT2D eigenvalue weighted by Gasteiger charge is -2.09. The van der Waals surface area contributed by atoms with Crippen LogP contribution in [0.25, 0.3) is 22.5 Å². The molecule has 0 fully saturated rings. The fourth-order valence-electron chi connectivity index (χ4n) is 3.44. The van der Waals surface area contributed by atoms with Crippen LogP contribution in [-0.2, 0) is 6.67 Å². The minimum atomic E-state index is -0.500. The van der Waals surface area contributed by atoms with Gasteiger partial charge in [0.15, 0.2) is 6.67 Å². The van der Waals surface area contributed by atoms with Gasteiger partial charge in [-0.05, 0) is 82.9 Å². The molecule has 2 aromatic heterocycles. The molecule has 0 amide bonds. The number of hydrogen-bond donors (Lipinski definition) is 0. The van der Waals surface area contributed by atoms with E-state index in [9.17, 15) is 10.1 Å². The van der Waals surface area contributed by atoms with E-state index >= 15 is 0 Å². The number of halogens is 1. The van der Waals surface area contributed by atoms with E-state index in [2.05, 4.69) is 85.1 Å². The van der Waals surface area contributed by atoms with Crippen molar-refractivity contribution in [3.05, 3.63) is 85.5 Å². The summed E-state index contributed by atoms with van der Waals surface area (Å²) < 4.78 is 4.22. The summed E-state index contributed by atoms with van der Waals surface area (Å²) >= 11 is 3.78. The highest BCUT2D eigenvalue weighted by atomic mass is 79.9. The van der Waals surface area contributed by atoms with Crippen molar-refractivity contribution in [3.8, 4) is 22.5 Å². The van der Waals surface area contributed by atoms with Crippen molar-refractivity contribution in [2.45, 2.75) is 34.4 Å². The molecule has 0 radical (unpaired) electrons. The number of rotatable bonds is 5. The van der Waals surface area contributed by atoms with Gasteiger partial charge in [-0.25, -0.2) is 4.68 Å². The van der Waals surface area contributed by atoms with Crippen LogP contribution in [0.15, 0.2) is 53.1 Å². The molecule has 0 saturated carbocycles. The van der Waals surface area contributed by atoms with Crippen LogP contribution in [0.1, 0.15) is 22.3 Å². The van der Waals surface area contributed by atoms with Gasteiger partial charge < -0.3 is 10.1 Å². The number of hydrogen-bond acceptors (Lipinski definition) is 4. The molecule has 0 aliphatic rings. The molecule has 158 valence electrons. The summed E-state index contributed by atoms with van der Waals surface area (Å²) in [7, 11) is 0. The van der Waals surface area contributed by atoms with Gasteiger partial charge in [0, 0.05) is 11.1 Å². The molecule has 7 nitrogen and oxygen atoms in total. The van der Waals surface area contributed by atoms with Crippen LogP contribution in [0.5, 0.6) is 0 Å². The van der Waals surface area contributed by atoms with Crippen molar-refractivity contribution < 1.29 is 4.92 Å². The second-order valence-electron chi connectivity index (χ2n) is 7.72. The molecule has 0 saturated heterocycles.